The number of piperidine rings is 2. The molecule has 0 spiro atoms. The van der Waals surface area contributed by atoms with Crippen LogP contribution in [0.2, 0.25) is 0 Å². The number of aromatic nitrogens is 1. The lowest BCUT2D eigenvalue weighted by molar-refractivity contribution is -0.136. The summed E-state index contributed by atoms with van der Waals surface area (Å²) in [6.45, 7) is 2.58. The van der Waals surface area contributed by atoms with Crippen LogP contribution in [-0.4, -0.2) is 59.2 Å². The minimum absolute atomic E-state index is 0.173. The van der Waals surface area contributed by atoms with Gasteiger partial charge in [-0.05, 0) is 83.5 Å². The molecular weight excluding hydrogens is 554 g/mol. The van der Waals surface area contributed by atoms with Crippen LogP contribution in [0.1, 0.15) is 52.0 Å². The SMILES string of the molecule is O=C1CCC(N2Cc3cc(C(=O)NCC4CCN(c5ccc(-c6ccc7ccccc7c6)cn5)CC4)ccc3C2=O)C(=O)N1. The molecule has 4 amide bonds. The fourth-order valence-corrected chi connectivity index (χ4v) is 6.53. The van der Waals surface area contributed by atoms with E-state index in [1.807, 2.05) is 6.20 Å². The van der Waals surface area contributed by atoms with Crippen molar-refractivity contribution in [3.05, 3.63) is 95.7 Å². The monoisotopic (exact) mass is 587 g/mol. The highest BCUT2D eigenvalue weighted by Crippen LogP contribution is 2.29. The fraction of sp³-hybridized carbons (Fsp3) is 0.286. The van der Waals surface area contributed by atoms with Gasteiger partial charge in [0, 0.05) is 55.5 Å². The third-order valence-electron chi connectivity index (χ3n) is 9.11. The summed E-state index contributed by atoms with van der Waals surface area (Å²) in [6.07, 6.45) is 4.36. The number of imide groups is 1. The zero-order valence-corrected chi connectivity index (χ0v) is 24.3. The largest absolute Gasteiger partial charge is 0.357 e. The molecule has 0 saturated carbocycles. The van der Waals surface area contributed by atoms with Gasteiger partial charge in [-0.3, -0.25) is 24.5 Å². The minimum atomic E-state index is -0.673. The second-order valence-corrected chi connectivity index (χ2v) is 11.9. The van der Waals surface area contributed by atoms with E-state index in [2.05, 4.69) is 70.1 Å². The molecule has 3 aliphatic heterocycles. The van der Waals surface area contributed by atoms with E-state index in [1.54, 1.807) is 18.2 Å². The van der Waals surface area contributed by atoms with Gasteiger partial charge in [-0.2, -0.15) is 0 Å². The molecule has 1 unspecified atom stereocenters. The summed E-state index contributed by atoms with van der Waals surface area (Å²) in [7, 11) is 0. The summed E-state index contributed by atoms with van der Waals surface area (Å²) in [5.41, 5.74) is 3.96. The lowest BCUT2D eigenvalue weighted by Gasteiger charge is -2.33. The van der Waals surface area contributed by atoms with Crippen molar-refractivity contribution in [2.75, 3.05) is 24.5 Å². The molecule has 1 atom stereocenters. The standard InChI is InChI=1S/C35H33N5O4/c41-32-12-10-30(34(43)38-32)40-21-28-18-26(7-9-29(28)35(40)44)33(42)37-19-22-13-15-39(16-14-22)31-11-8-27(20-36-31)25-6-5-23-3-1-2-4-24(23)17-25/h1-9,11,17-18,20,22,30H,10,12-16,19,21H2,(H,37,42)(H,38,41,43). The van der Waals surface area contributed by atoms with Gasteiger partial charge in [-0.25, -0.2) is 4.98 Å². The predicted octanol–water partition coefficient (Wildman–Crippen LogP) is 4.31. The molecule has 1 aromatic heterocycles. The van der Waals surface area contributed by atoms with Crippen molar-refractivity contribution >= 4 is 40.2 Å². The molecule has 9 heteroatoms. The Labute approximate surface area is 255 Å². The van der Waals surface area contributed by atoms with E-state index >= 15 is 0 Å². The lowest BCUT2D eigenvalue weighted by atomic mass is 9.96. The average Bonchev–Trinajstić information content (AvgIpc) is 3.38. The van der Waals surface area contributed by atoms with E-state index in [0.29, 0.717) is 30.0 Å². The quantitative estimate of drug-likeness (QED) is 0.325. The van der Waals surface area contributed by atoms with Gasteiger partial charge < -0.3 is 15.1 Å². The van der Waals surface area contributed by atoms with E-state index in [9.17, 15) is 19.2 Å². The predicted molar refractivity (Wildman–Crippen MR) is 167 cm³/mol. The molecule has 7 rings (SSSR count). The van der Waals surface area contributed by atoms with Gasteiger partial charge in [0.25, 0.3) is 11.8 Å². The topological polar surface area (TPSA) is 112 Å². The molecule has 2 N–H and O–H groups in total. The highest BCUT2D eigenvalue weighted by atomic mass is 16.2. The first-order valence-electron chi connectivity index (χ1n) is 15.2. The Morgan fingerprint density at radius 1 is 0.886 bits per heavy atom. The Morgan fingerprint density at radius 2 is 1.68 bits per heavy atom. The maximum atomic E-state index is 13.0. The third-order valence-corrected chi connectivity index (χ3v) is 9.11. The summed E-state index contributed by atoms with van der Waals surface area (Å²) >= 11 is 0. The van der Waals surface area contributed by atoms with Crippen molar-refractivity contribution in [3.8, 4) is 11.1 Å². The maximum Gasteiger partial charge on any atom is 0.255 e. The van der Waals surface area contributed by atoms with E-state index in [1.165, 1.54) is 15.7 Å². The number of pyridine rings is 1. The second kappa shape index (κ2) is 11.6. The molecular formula is C35H33N5O4. The van der Waals surface area contributed by atoms with Crippen LogP contribution in [0.4, 0.5) is 5.82 Å². The normalized spacial score (nSPS) is 18.8. The second-order valence-electron chi connectivity index (χ2n) is 11.9. The minimum Gasteiger partial charge on any atom is -0.357 e. The molecule has 0 aliphatic carbocycles. The molecule has 9 nitrogen and oxygen atoms in total. The molecule has 2 fully saturated rings. The summed E-state index contributed by atoms with van der Waals surface area (Å²) in [5.74, 6) is 0.157. The Morgan fingerprint density at radius 3 is 2.45 bits per heavy atom. The molecule has 2 saturated heterocycles. The molecule has 222 valence electrons. The first kappa shape index (κ1) is 27.8. The molecule has 3 aromatic carbocycles. The average molecular weight is 588 g/mol. The van der Waals surface area contributed by atoms with Crippen molar-refractivity contribution in [2.24, 2.45) is 5.92 Å². The number of amides is 4. The number of benzene rings is 3. The highest BCUT2D eigenvalue weighted by Gasteiger charge is 2.39. The Hall–Kier alpha value is -5.05. The van der Waals surface area contributed by atoms with Crippen LogP contribution >= 0.6 is 0 Å². The lowest BCUT2D eigenvalue weighted by Crippen LogP contribution is -2.52. The third kappa shape index (κ3) is 5.41. The zero-order valence-electron chi connectivity index (χ0n) is 24.3. The molecule has 3 aliphatic rings. The van der Waals surface area contributed by atoms with Crippen molar-refractivity contribution in [2.45, 2.75) is 38.3 Å². The van der Waals surface area contributed by atoms with Gasteiger partial charge in [0.05, 0.1) is 0 Å². The van der Waals surface area contributed by atoms with Crippen molar-refractivity contribution in [1.29, 1.82) is 0 Å². The molecule has 4 heterocycles. The van der Waals surface area contributed by atoms with Crippen molar-refractivity contribution in [1.82, 2.24) is 20.5 Å². The van der Waals surface area contributed by atoms with Gasteiger partial charge in [0.2, 0.25) is 11.8 Å². The Bertz CT molecular complexity index is 1780. The first-order valence-corrected chi connectivity index (χ1v) is 15.2. The van der Waals surface area contributed by atoms with Crippen LogP contribution in [0.3, 0.4) is 0 Å². The van der Waals surface area contributed by atoms with Crippen molar-refractivity contribution in [3.63, 3.8) is 0 Å². The Balaban J connectivity index is 0.912. The summed E-state index contributed by atoms with van der Waals surface area (Å²) in [5, 5.41) is 7.83. The van der Waals surface area contributed by atoms with Gasteiger partial charge in [-0.15, -0.1) is 0 Å². The Kier molecular flexibility index (Phi) is 7.29. The number of nitrogens with one attached hydrogen (secondary N) is 2. The number of nitrogens with zero attached hydrogens (tertiary/aromatic N) is 3. The smallest absolute Gasteiger partial charge is 0.255 e. The molecule has 0 radical (unpaired) electrons. The van der Waals surface area contributed by atoms with Crippen LogP contribution in [-0.2, 0) is 16.1 Å². The number of hydrogen-bond donors (Lipinski definition) is 2. The van der Waals surface area contributed by atoms with E-state index in [-0.39, 0.29) is 30.7 Å². The van der Waals surface area contributed by atoms with E-state index in [4.69, 9.17) is 4.98 Å². The summed E-state index contributed by atoms with van der Waals surface area (Å²) in [6, 6.07) is 23.4. The molecule has 4 aromatic rings. The summed E-state index contributed by atoms with van der Waals surface area (Å²) < 4.78 is 0. The number of hydrogen-bond acceptors (Lipinski definition) is 6. The van der Waals surface area contributed by atoms with Crippen molar-refractivity contribution < 1.29 is 19.2 Å². The molecule has 0 bridgehead atoms. The van der Waals surface area contributed by atoms with Crippen LogP contribution < -0.4 is 15.5 Å². The fourth-order valence-electron chi connectivity index (χ4n) is 6.53. The number of fused-ring (bicyclic) bond motifs is 2. The van der Waals surface area contributed by atoms with Crippen LogP contribution in [0.15, 0.2) is 79.0 Å². The van der Waals surface area contributed by atoms with Gasteiger partial charge in [-0.1, -0.05) is 36.4 Å². The first-order chi connectivity index (χ1) is 21.4. The summed E-state index contributed by atoms with van der Waals surface area (Å²) in [4.78, 5) is 58.3. The number of carbonyl (C=O) groups excluding carboxylic acids is 4. The van der Waals surface area contributed by atoms with E-state index < -0.39 is 11.9 Å². The van der Waals surface area contributed by atoms with Gasteiger partial charge in [0.15, 0.2) is 0 Å². The van der Waals surface area contributed by atoms with Crippen LogP contribution in [0, 0.1) is 5.92 Å². The van der Waals surface area contributed by atoms with Crippen LogP contribution in [0.25, 0.3) is 21.9 Å². The number of carbonyl (C=O) groups is 4. The highest BCUT2D eigenvalue weighted by molar-refractivity contribution is 6.06. The number of rotatable bonds is 6. The van der Waals surface area contributed by atoms with Crippen LogP contribution in [0.5, 0.6) is 0 Å². The van der Waals surface area contributed by atoms with Gasteiger partial charge >= 0.3 is 0 Å². The number of anilines is 1. The van der Waals surface area contributed by atoms with Gasteiger partial charge in [0.1, 0.15) is 11.9 Å². The van der Waals surface area contributed by atoms with E-state index in [0.717, 1.165) is 48.4 Å². The maximum absolute atomic E-state index is 13.0. The molecule has 44 heavy (non-hydrogen) atoms. The zero-order chi connectivity index (χ0) is 30.2.